The molecule has 10 heteroatoms. The Morgan fingerprint density at radius 3 is 3.09 bits per heavy atom. The first-order valence-electron chi connectivity index (χ1n) is 7.05. The second-order valence-electron chi connectivity index (χ2n) is 4.96. The molecular weight excluding hydrogens is 292 g/mol. The third-order valence-corrected chi connectivity index (χ3v) is 3.30. The van der Waals surface area contributed by atoms with Gasteiger partial charge in [0.2, 0.25) is 5.91 Å². The molecule has 1 aromatic rings. The minimum absolute atomic E-state index is 0.0976. The zero-order valence-corrected chi connectivity index (χ0v) is 11.9. The van der Waals surface area contributed by atoms with Crippen LogP contribution in [0.3, 0.4) is 0 Å². The van der Waals surface area contributed by atoms with Crippen LogP contribution < -0.4 is 16.0 Å². The van der Waals surface area contributed by atoms with E-state index < -0.39 is 17.0 Å². The largest absolute Gasteiger partial charge is 0.354 e. The Kier molecular flexibility index (Phi) is 5.28. The number of nitro groups is 1. The average Bonchev–Trinajstić information content (AvgIpc) is 2.86. The van der Waals surface area contributed by atoms with Crippen LogP contribution in [0.1, 0.15) is 19.3 Å². The highest BCUT2D eigenvalue weighted by atomic mass is 16.6. The molecule has 1 aromatic heterocycles. The summed E-state index contributed by atoms with van der Waals surface area (Å²) in [5.41, 5.74) is -0.0976. The summed E-state index contributed by atoms with van der Waals surface area (Å²) in [5, 5.41) is 22.3. The van der Waals surface area contributed by atoms with Crippen molar-refractivity contribution in [3.8, 4) is 0 Å². The number of nitrogens with one attached hydrogen (secondary N) is 3. The fourth-order valence-electron chi connectivity index (χ4n) is 2.14. The van der Waals surface area contributed by atoms with E-state index in [1.54, 1.807) is 0 Å². The molecule has 0 unspecified atom stereocenters. The molecule has 3 N–H and O–H groups in total. The summed E-state index contributed by atoms with van der Waals surface area (Å²) in [6.45, 7) is 1.19. The molecule has 1 aliphatic rings. The Morgan fingerprint density at radius 2 is 2.36 bits per heavy atom. The van der Waals surface area contributed by atoms with Crippen molar-refractivity contribution in [1.82, 2.24) is 25.7 Å². The van der Waals surface area contributed by atoms with Crippen molar-refractivity contribution < 1.29 is 14.5 Å². The van der Waals surface area contributed by atoms with E-state index in [0.717, 1.165) is 19.0 Å². The fourth-order valence-corrected chi connectivity index (χ4v) is 2.14. The molecule has 120 valence electrons. The van der Waals surface area contributed by atoms with Gasteiger partial charge in [-0.3, -0.25) is 19.6 Å². The first-order chi connectivity index (χ1) is 10.6. The number of amides is 3. The lowest BCUT2D eigenvalue weighted by Gasteiger charge is -2.15. The third-order valence-electron chi connectivity index (χ3n) is 3.30. The number of hydrogen-bond acceptors (Lipinski definition) is 5. The maximum atomic E-state index is 11.7. The van der Waals surface area contributed by atoms with Crippen LogP contribution in [0.25, 0.3) is 0 Å². The van der Waals surface area contributed by atoms with Gasteiger partial charge < -0.3 is 16.0 Å². The summed E-state index contributed by atoms with van der Waals surface area (Å²) in [4.78, 5) is 33.4. The molecule has 0 radical (unpaired) electrons. The Labute approximate surface area is 126 Å². The molecule has 0 bridgehead atoms. The van der Waals surface area contributed by atoms with Crippen molar-refractivity contribution in [2.45, 2.75) is 31.8 Å². The number of rotatable bonds is 5. The van der Waals surface area contributed by atoms with Crippen LogP contribution in [-0.4, -0.2) is 45.8 Å². The van der Waals surface area contributed by atoms with Crippen LogP contribution in [-0.2, 0) is 11.3 Å². The second-order valence-corrected chi connectivity index (χ2v) is 4.96. The number of carbonyl (C=O) groups is 2. The Morgan fingerprint density at radius 1 is 1.55 bits per heavy atom. The van der Waals surface area contributed by atoms with Crippen molar-refractivity contribution in [3.63, 3.8) is 0 Å². The van der Waals surface area contributed by atoms with Crippen molar-refractivity contribution in [1.29, 1.82) is 0 Å². The van der Waals surface area contributed by atoms with Gasteiger partial charge in [0.25, 0.3) is 0 Å². The first kappa shape index (κ1) is 15.7. The molecule has 22 heavy (non-hydrogen) atoms. The maximum Gasteiger partial charge on any atom is 0.315 e. The smallest absolute Gasteiger partial charge is 0.315 e. The zero-order chi connectivity index (χ0) is 15.9. The summed E-state index contributed by atoms with van der Waals surface area (Å²) < 4.78 is 1.37. The van der Waals surface area contributed by atoms with E-state index in [2.05, 4.69) is 21.0 Å². The summed E-state index contributed by atoms with van der Waals surface area (Å²) in [7, 11) is 0. The minimum Gasteiger partial charge on any atom is -0.354 e. The van der Waals surface area contributed by atoms with E-state index in [-0.39, 0.29) is 18.1 Å². The van der Waals surface area contributed by atoms with Gasteiger partial charge in [0.05, 0.1) is 11.5 Å². The van der Waals surface area contributed by atoms with Gasteiger partial charge in [-0.25, -0.2) is 4.79 Å². The van der Waals surface area contributed by atoms with E-state index in [9.17, 15) is 19.7 Å². The Hall–Kier alpha value is -2.65. The lowest BCUT2D eigenvalue weighted by atomic mass is 10.1. The van der Waals surface area contributed by atoms with Crippen LogP contribution in [0.4, 0.5) is 10.5 Å². The number of urea groups is 1. The summed E-state index contributed by atoms with van der Waals surface area (Å²) >= 11 is 0. The molecule has 3 amide bonds. The van der Waals surface area contributed by atoms with Crippen molar-refractivity contribution >= 4 is 17.6 Å². The lowest BCUT2D eigenvalue weighted by Crippen LogP contribution is -2.49. The topological polar surface area (TPSA) is 131 Å². The maximum absolute atomic E-state index is 11.7. The highest BCUT2D eigenvalue weighted by molar-refractivity contribution is 5.87. The molecular formula is C12H18N6O4. The van der Waals surface area contributed by atoms with Crippen molar-refractivity contribution in [3.05, 3.63) is 22.5 Å². The van der Waals surface area contributed by atoms with E-state index in [0.29, 0.717) is 19.5 Å². The van der Waals surface area contributed by atoms with Crippen LogP contribution >= 0.6 is 0 Å². The van der Waals surface area contributed by atoms with Crippen LogP contribution in [0.5, 0.6) is 0 Å². The molecule has 0 aliphatic carbocycles. The zero-order valence-electron chi connectivity index (χ0n) is 11.9. The fraction of sp³-hybridized carbons (Fsp3) is 0.583. The van der Waals surface area contributed by atoms with E-state index in [4.69, 9.17) is 0 Å². The monoisotopic (exact) mass is 310 g/mol. The Balaban J connectivity index is 1.72. The molecule has 1 aliphatic heterocycles. The quantitative estimate of drug-likeness (QED) is 0.510. The standard InChI is InChI=1S/C12H18N6O4/c19-11-10(3-1-2-4-13-11)16-12(20)14-5-6-17-8-9(7-15-17)18(21)22/h7-8,10H,1-6H2,(H,13,19)(H2,14,16,20)/t10-/m0/s1. The highest BCUT2D eigenvalue weighted by Crippen LogP contribution is 2.07. The molecule has 1 saturated heterocycles. The summed E-state index contributed by atoms with van der Waals surface area (Å²) in [6.07, 6.45) is 4.84. The normalized spacial score (nSPS) is 18.2. The van der Waals surface area contributed by atoms with Gasteiger partial charge in [-0.05, 0) is 19.3 Å². The number of nitrogens with zero attached hydrogens (tertiary/aromatic N) is 3. The second kappa shape index (κ2) is 7.38. The van der Waals surface area contributed by atoms with Gasteiger partial charge in [0, 0.05) is 13.1 Å². The van der Waals surface area contributed by atoms with Crippen LogP contribution in [0.2, 0.25) is 0 Å². The van der Waals surface area contributed by atoms with Gasteiger partial charge in [-0.2, -0.15) is 5.10 Å². The van der Waals surface area contributed by atoms with Gasteiger partial charge in [0.1, 0.15) is 18.4 Å². The van der Waals surface area contributed by atoms with Crippen molar-refractivity contribution in [2.75, 3.05) is 13.1 Å². The summed E-state index contributed by atoms with van der Waals surface area (Å²) in [6, 6.07) is -0.961. The molecule has 10 nitrogen and oxygen atoms in total. The number of aromatic nitrogens is 2. The van der Waals surface area contributed by atoms with E-state index >= 15 is 0 Å². The van der Waals surface area contributed by atoms with E-state index in [1.807, 2.05) is 0 Å². The van der Waals surface area contributed by atoms with Gasteiger partial charge in [-0.15, -0.1) is 0 Å². The predicted octanol–water partition coefficient (Wildman–Crippen LogP) is -0.241. The molecule has 2 rings (SSSR count). The van der Waals surface area contributed by atoms with Gasteiger partial charge >= 0.3 is 11.7 Å². The van der Waals surface area contributed by atoms with Gasteiger partial charge in [-0.1, -0.05) is 0 Å². The SMILES string of the molecule is O=C(NCCn1cc([N+](=O)[O-])cn1)N[C@H]1CCCCNC1=O. The lowest BCUT2D eigenvalue weighted by molar-refractivity contribution is -0.385. The van der Waals surface area contributed by atoms with Gasteiger partial charge in [0.15, 0.2) is 0 Å². The average molecular weight is 310 g/mol. The van der Waals surface area contributed by atoms with E-state index in [1.165, 1.54) is 10.9 Å². The molecule has 0 saturated carbocycles. The first-order valence-corrected chi connectivity index (χ1v) is 7.05. The minimum atomic E-state index is -0.533. The third kappa shape index (κ3) is 4.43. The van der Waals surface area contributed by atoms with Crippen molar-refractivity contribution in [2.24, 2.45) is 0 Å². The predicted molar refractivity (Wildman–Crippen MR) is 76.1 cm³/mol. The molecule has 0 aromatic carbocycles. The molecule has 1 fully saturated rings. The molecule has 2 heterocycles. The number of hydrogen-bond donors (Lipinski definition) is 3. The highest BCUT2D eigenvalue weighted by Gasteiger charge is 2.22. The molecule has 0 spiro atoms. The Bertz CT molecular complexity index is 558. The molecule has 1 atom stereocenters. The summed E-state index contributed by atoms with van der Waals surface area (Å²) in [5.74, 6) is -0.171. The van der Waals surface area contributed by atoms with Crippen LogP contribution in [0.15, 0.2) is 12.4 Å². The number of carbonyl (C=O) groups excluding carboxylic acids is 2. The van der Waals surface area contributed by atoms with Crippen LogP contribution in [0, 0.1) is 10.1 Å².